The molecule has 1 atom stereocenters. The summed E-state index contributed by atoms with van der Waals surface area (Å²) in [7, 11) is -3.10. The van der Waals surface area contributed by atoms with Crippen molar-refractivity contribution < 1.29 is 45.0 Å². The molecule has 1 aliphatic heterocycles. The lowest BCUT2D eigenvalue weighted by atomic mass is 9.94. The molecular weight excluding hydrogens is 605 g/mol. The summed E-state index contributed by atoms with van der Waals surface area (Å²) in [6.07, 6.45) is -0.923. The third-order valence-electron chi connectivity index (χ3n) is 7.92. The van der Waals surface area contributed by atoms with Gasteiger partial charge in [0, 0.05) is 55.9 Å². The van der Waals surface area contributed by atoms with Crippen LogP contribution in [0, 0.1) is 11.2 Å². The molecular formula is C27H30F5N3O5S2. The fourth-order valence-electron chi connectivity index (χ4n) is 4.96. The van der Waals surface area contributed by atoms with Gasteiger partial charge in [-0.3, -0.25) is 4.79 Å². The van der Waals surface area contributed by atoms with E-state index >= 15 is 0 Å². The zero-order valence-electron chi connectivity index (χ0n) is 22.8. The maximum Gasteiger partial charge on any atom is 0.313 e. The summed E-state index contributed by atoms with van der Waals surface area (Å²) in [6, 6.07) is 5.39. The van der Waals surface area contributed by atoms with Gasteiger partial charge in [0.05, 0.1) is 0 Å². The standard InChI is InChI=1S/C27H30F5N3O5S2/c1-25(29,30)8-7-18-14-35(17-5-3-16(28)4-6-17)22-21(42(38,39)34(18)2)11-20(40-15-26(9-10-26)24(36)37)23(33-22)41-19-12-27(31,32)13-19/h3-6,11,18-19H,7-10,12-15H2,1-2H3,(H,36,37)/t18-/m1/s1. The van der Waals surface area contributed by atoms with E-state index in [2.05, 4.69) is 4.98 Å². The van der Waals surface area contributed by atoms with Crippen molar-refractivity contribution >= 4 is 39.3 Å². The predicted molar refractivity (Wildman–Crippen MR) is 145 cm³/mol. The minimum atomic E-state index is -4.37. The van der Waals surface area contributed by atoms with Gasteiger partial charge in [-0.1, -0.05) is 11.8 Å². The Labute approximate surface area is 244 Å². The van der Waals surface area contributed by atoms with Crippen molar-refractivity contribution in [1.29, 1.82) is 0 Å². The van der Waals surface area contributed by atoms with E-state index in [0.29, 0.717) is 18.5 Å². The molecule has 1 aromatic heterocycles. The molecule has 1 aromatic carbocycles. The lowest BCUT2D eigenvalue weighted by Crippen LogP contribution is -2.41. The molecule has 5 rings (SSSR count). The van der Waals surface area contributed by atoms with E-state index in [1.807, 2.05) is 0 Å². The van der Waals surface area contributed by atoms with E-state index in [0.717, 1.165) is 35.1 Å². The second kappa shape index (κ2) is 10.8. The van der Waals surface area contributed by atoms with Crippen LogP contribution in [-0.4, -0.2) is 72.1 Å². The molecule has 2 fully saturated rings. The molecule has 2 heterocycles. The minimum absolute atomic E-state index is 0.0731. The number of carbonyl (C=O) groups is 1. The highest BCUT2D eigenvalue weighted by Crippen LogP contribution is 2.51. The lowest BCUT2D eigenvalue weighted by molar-refractivity contribution is -0.144. The van der Waals surface area contributed by atoms with E-state index in [4.69, 9.17) is 4.74 Å². The number of hydrogen-bond donors (Lipinski definition) is 1. The number of carboxylic acid groups (broad SMARTS) is 1. The number of carboxylic acids is 1. The quantitative estimate of drug-likeness (QED) is 0.321. The second-order valence-electron chi connectivity index (χ2n) is 11.4. The number of pyridine rings is 1. The molecule has 3 aliphatic rings. The van der Waals surface area contributed by atoms with Crippen LogP contribution < -0.4 is 9.64 Å². The van der Waals surface area contributed by atoms with Gasteiger partial charge in [0.25, 0.3) is 0 Å². The van der Waals surface area contributed by atoms with E-state index in [1.165, 1.54) is 30.1 Å². The molecule has 230 valence electrons. The fourth-order valence-corrected chi connectivity index (χ4v) is 7.82. The van der Waals surface area contributed by atoms with Gasteiger partial charge in [-0.25, -0.2) is 35.4 Å². The molecule has 0 radical (unpaired) electrons. The van der Waals surface area contributed by atoms with Crippen molar-refractivity contribution in [2.45, 2.75) is 78.5 Å². The zero-order chi connectivity index (χ0) is 30.7. The summed E-state index contributed by atoms with van der Waals surface area (Å²) in [5, 5.41) is 9.14. The van der Waals surface area contributed by atoms with Gasteiger partial charge in [0.15, 0.2) is 11.6 Å². The Balaban J connectivity index is 1.61. The van der Waals surface area contributed by atoms with Crippen molar-refractivity contribution in [2.75, 3.05) is 25.1 Å². The Hall–Kier alpha value is -2.65. The third kappa shape index (κ3) is 6.32. The largest absolute Gasteiger partial charge is 0.490 e. The second-order valence-corrected chi connectivity index (χ2v) is 14.6. The van der Waals surface area contributed by atoms with Gasteiger partial charge in [-0.15, -0.1) is 0 Å². The predicted octanol–water partition coefficient (Wildman–Crippen LogP) is 5.93. The lowest BCUT2D eigenvalue weighted by Gasteiger charge is -2.34. The summed E-state index contributed by atoms with van der Waals surface area (Å²) in [4.78, 5) is 17.5. The Morgan fingerprint density at radius 3 is 2.40 bits per heavy atom. The molecule has 0 unspecified atom stereocenters. The van der Waals surface area contributed by atoms with Crippen molar-refractivity contribution in [2.24, 2.45) is 5.41 Å². The number of thioether (sulfide) groups is 1. The van der Waals surface area contributed by atoms with Gasteiger partial charge in [0.1, 0.15) is 27.8 Å². The first-order chi connectivity index (χ1) is 19.5. The van der Waals surface area contributed by atoms with Crippen molar-refractivity contribution in [3.05, 3.63) is 36.1 Å². The molecule has 8 nitrogen and oxygen atoms in total. The van der Waals surface area contributed by atoms with Crippen LogP contribution in [0.2, 0.25) is 0 Å². The van der Waals surface area contributed by atoms with Crippen LogP contribution >= 0.6 is 11.8 Å². The molecule has 0 amide bonds. The van der Waals surface area contributed by atoms with Gasteiger partial charge >= 0.3 is 5.97 Å². The average Bonchev–Trinajstić information content (AvgIpc) is 3.68. The molecule has 2 aliphatic carbocycles. The number of ether oxygens (including phenoxy) is 1. The van der Waals surface area contributed by atoms with Gasteiger partial charge < -0.3 is 14.7 Å². The summed E-state index contributed by atoms with van der Waals surface area (Å²) in [5.41, 5.74) is -0.795. The first-order valence-corrected chi connectivity index (χ1v) is 15.7. The zero-order valence-corrected chi connectivity index (χ0v) is 24.5. The number of benzene rings is 1. The van der Waals surface area contributed by atoms with Gasteiger partial charge in [0.2, 0.25) is 21.9 Å². The Kier molecular flexibility index (Phi) is 7.93. The maximum atomic E-state index is 13.9. The summed E-state index contributed by atoms with van der Waals surface area (Å²) in [6.45, 7) is 0.363. The summed E-state index contributed by atoms with van der Waals surface area (Å²) in [5.74, 6) is -7.68. The number of aromatic nitrogens is 1. The van der Waals surface area contributed by atoms with Crippen molar-refractivity contribution in [3.8, 4) is 5.75 Å². The van der Waals surface area contributed by atoms with Gasteiger partial charge in [-0.2, -0.15) is 4.31 Å². The van der Waals surface area contributed by atoms with Crippen molar-refractivity contribution in [3.63, 3.8) is 0 Å². The third-order valence-corrected chi connectivity index (χ3v) is 11.0. The Morgan fingerprint density at radius 2 is 1.86 bits per heavy atom. The molecule has 1 N–H and O–H groups in total. The highest BCUT2D eigenvalue weighted by Gasteiger charge is 2.52. The van der Waals surface area contributed by atoms with E-state index in [9.17, 15) is 40.3 Å². The number of likely N-dealkylation sites (N-methyl/N-ethyl adjacent to an activating group) is 1. The number of sulfonamides is 1. The van der Waals surface area contributed by atoms with Crippen LogP contribution in [0.25, 0.3) is 0 Å². The number of alkyl halides is 4. The van der Waals surface area contributed by atoms with E-state index < -0.39 is 69.6 Å². The summed E-state index contributed by atoms with van der Waals surface area (Å²) < 4.78 is 103. The molecule has 2 saturated carbocycles. The van der Waals surface area contributed by atoms with E-state index in [-0.39, 0.29) is 41.1 Å². The topological polar surface area (TPSA) is 100 Å². The SMILES string of the molecule is CN1[C@H](CCC(C)(F)F)CN(c2ccc(F)cc2)c2nc(SC3CC(F)(F)C3)c(OCC3(C(=O)O)CC3)cc2S1(=O)=O. The van der Waals surface area contributed by atoms with Crippen LogP contribution in [-0.2, 0) is 14.8 Å². The summed E-state index contributed by atoms with van der Waals surface area (Å²) >= 11 is 0.976. The highest BCUT2D eigenvalue weighted by molar-refractivity contribution is 8.00. The Morgan fingerprint density at radius 1 is 1.21 bits per heavy atom. The van der Waals surface area contributed by atoms with E-state index in [1.54, 1.807) is 0 Å². The number of anilines is 2. The number of nitrogens with zero attached hydrogens (tertiary/aromatic N) is 3. The average molecular weight is 636 g/mol. The molecule has 15 heteroatoms. The number of aliphatic carboxylic acids is 1. The maximum absolute atomic E-state index is 13.9. The normalized spacial score (nSPS) is 23.0. The molecule has 42 heavy (non-hydrogen) atoms. The molecule has 0 saturated heterocycles. The van der Waals surface area contributed by atoms with Crippen LogP contribution in [0.5, 0.6) is 5.75 Å². The molecule has 0 bridgehead atoms. The first kappa shape index (κ1) is 30.8. The number of halogens is 5. The smallest absolute Gasteiger partial charge is 0.313 e. The number of hydrogen-bond acceptors (Lipinski definition) is 7. The van der Waals surface area contributed by atoms with Gasteiger partial charge in [-0.05, 0) is 50.5 Å². The molecule has 0 spiro atoms. The highest BCUT2D eigenvalue weighted by atomic mass is 32.2. The monoisotopic (exact) mass is 635 g/mol. The fraction of sp³-hybridized carbons (Fsp3) is 0.556. The van der Waals surface area contributed by atoms with Crippen molar-refractivity contribution in [1.82, 2.24) is 9.29 Å². The number of fused-ring (bicyclic) bond motifs is 1. The Bertz CT molecular complexity index is 1460. The number of rotatable bonds is 10. The molecule has 2 aromatic rings. The van der Waals surface area contributed by atoms with Crippen LogP contribution in [0.15, 0.2) is 40.3 Å². The van der Waals surface area contributed by atoms with Crippen LogP contribution in [0.4, 0.5) is 33.5 Å². The van der Waals surface area contributed by atoms with Crippen LogP contribution in [0.1, 0.15) is 45.4 Å². The first-order valence-electron chi connectivity index (χ1n) is 13.3. The van der Waals surface area contributed by atoms with Crippen LogP contribution in [0.3, 0.4) is 0 Å². The minimum Gasteiger partial charge on any atom is -0.490 e.